The van der Waals surface area contributed by atoms with Crippen LogP contribution in [0.1, 0.15) is 10.4 Å². The van der Waals surface area contributed by atoms with Gasteiger partial charge in [0, 0.05) is 12.1 Å². The summed E-state index contributed by atoms with van der Waals surface area (Å²) in [5.41, 5.74) is -1.37. The standard InChI is InChI=1S/C13H3F7O3/c14-4-2-6(10(18)12(20)8(4)16)23-5-1-3(13(21)22)7(15)11(19)9(5)17/h1-2H,(H,21,22). The van der Waals surface area contributed by atoms with Gasteiger partial charge >= 0.3 is 5.97 Å². The van der Waals surface area contributed by atoms with Gasteiger partial charge in [-0.3, -0.25) is 0 Å². The van der Waals surface area contributed by atoms with Crippen LogP contribution in [0.2, 0.25) is 0 Å². The third-order valence-corrected chi connectivity index (χ3v) is 2.63. The van der Waals surface area contributed by atoms with Crippen molar-refractivity contribution in [2.75, 3.05) is 0 Å². The van der Waals surface area contributed by atoms with Crippen molar-refractivity contribution >= 4 is 5.97 Å². The van der Waals surface area contributed by atoms with Gasteiger partial charge < -0.3 is 9.84 Å². The fourth-order valence-electron chi connectivity index (χ4n) is 1.55. The van der Waals surface area contributed by atoms with Crippen molar-refractivity contribution in [3.63, 3.8) is 0 Å². The fourth-order valence-corrected chi connectivity index (χ4v) is 1.55. The van der Waals surface area contributed by atoms with Gasteiger partial charge in [0.2, 0.25) is 17.5 Å². The Kier molecular flexibility index (Phi) is 4.17. The summed E-state index contributed by atoms with van der Waals surface area (Å²) in [6.45, 7) is 0. The van der Waals surface area contributed by atoms with E-state index in [1.54, 1.807) is 0 Å². The smallest absolute Gasteiger partial charge is 0.338 e. The van der Waals surface area contributed by atoms with Crippen molar-refractivity contribution in [1.82, 2.24) is 0 Å². The molecule has 0 aliphatic heterocycles. The molecule has 0 radical (unpaired) electrons. The first kappa shape index (κ1) is 16.6. The van der Waals surface area contributed by atoms with Crippen molar-refractivity contribution < 1.29 is 45.4 Å². The highest BCUT2D eigenvalue weighted by Gasteiger charge is 2.26. The monoisotopic (exact) mass is 340 g/mol. The number of carbonyl (C=O) groups is 1. The highest BCUT2D eigenvalue weighted by Crippen LogP contribution is 2.33. The number of hydrogen-bond donors (Lipinski definition) is 1. The van der Waals surface area contributed by atoms with Crippen molar-refractivity contribution in [3.05, 3.63) is 58.4 Å². The van der Waals surface area contributed by atoms with Crippen molar-refractivity contribution in [1.29, 1.82) is 0 Å². The van der Waals surface area contributed by atoms with Crippen LogP contribution >= 0.6 is 0 Å². The van der Waals surface area contributed by atoms with E-state index in [1.807, 2.05) is 0 Å². The lowest BCUT2D eigenvalue weighted by atomic mass is 10.2. The SMILES string of the molecule is O=C(O)c1cc(Oc2cc(F)c(F)c(F)c2F)c(F)c(F)c1F. The molecule has 2 aromatic rings. The predicted molar refractivity (Wildman–Crippen MR) is 59.6 cm³/mol. The Hall–Kier alpha value is -2.78. The van der Waals surface area contributed by atoms with Gasteiger partial charge in [-0.1, -0.05) is 0 Å². The Morgan fingerprint density at radius 1 is 0.739 bits per heavy atom. The van der Waals surface area contributed by atoms with E-state index < -0.39 is 63.8 Å². The molecule has 0 aliphatic rings. The van der Waals surface area contributed by atoms with Gasteiger partial charge in [-0.25, -0.2) is 26.7 Å². The molecule has 0 atom stereocenters. The zero-order valence-corrected chi connectivity index (χ0v) is 10.6. The molecule has 0 heterocycles. The number of hydrogen-bond acceptors (Lipinski definition) is 2. The average molecular weight is 340 g/mol. The molecule has 0 unspecified atom stereocenters. The largest absolute Gasteiger partial charge is 0.478 e. The summed E-state index contributed by atoms with van der Waals surface area (Å²) < 4.78 is 96.4. The summed E-state index contributed by atoms with van der Waals surface area (Å²) in [4.78, 5) is 10.7. The first-order valence-electron chi connectivity index (χ1n) is 5.56. The summed E-state index contributed by atoms with van der Waals surface area (Å²) in [5.74, 6) is -19.6. The molecule has 0 aliphatic carbocycles. The van der Waals surface area contributed by atoms with Gasteiger partial charge in [0.25, 0.3) is 0 Å². The van der Waals surface area contributed by atoms with E-state index >= 15 is 0 Å². The lowest BCUT2D eigenvalue weighted by Crippen LogP contribution is -2.07. The van der Waals surface area contributed by atoms with E-state index in [-0.39, 0.29) is 12.1 Å². The van der Waals surface area contributed by atoms with Crippen LogP contribution in [0.4, 0.5) is 30.7 Å². The van der Waals surface area contributed by atoms with Gasteiger partial charge in [-0.15, -0.1) is 0 Å². The average Bonchev–Trinajstić information content (AvgIpc) is 2.50. The zero-order chi connectivity index (χ0) is 17.5. The summed E-state index contributed by atoms with van der Waals surface area (Å²) in [5, 5.41) is 8.62. The maximum atomic E-state index is 13.5. The van der Waals surface area contributed by atoms with Crippen molar-refractivity contribution in [3.8, 4) is 11.5 Å². The minimum Gasteiger partial charge on any atom is -0.478 e. The predicted octanol–water partition coefficient (Wildman–Crippen LogP) is 4.15. The fraction of sp³-hybridized carbons (Fsp3) is 0. The van der Waals surface area contributed by atoms with Gasteiger partial charge in [-0.05, 0) is 0 Å². The van der Waals surface area contributed by atoms with Crippen LogP contribution in [-0.2, 0) is 0 Å². The van der Waals surface area contributed by atoms with Gasteiger partial charge in [0.15, 0.2) is 34.8 Å². The quantitative estimate of drug-likeness (QED) is 0.519. The Balaban J connectivity index is 2.60. The molecule has 0 aromatic heterocycles. The molecule has 0 saturated carbocycles. The molecule has 122 valence electrons. The van der Waals surface area contributed by atoms with E-state index in [0.717, 1.165) is 0 Å². The van der Waals surface area contributed by atoms with Crippen LogP contribution in [0.15, 0.2) is 12.1 Å². The summed E-state index contributed by atoms with van der Waals surface area (Å²) >= 11 is 0. The first-order chi connectivity index (χ1) is 10.6. The number of aromatic carboxylic acids is 1. The lowest BCUT2D eigenvalue weighted by molar-refractivity contribution is 0.0689. The maximum absolute atomic E-state index is 13.5. The van der Waals surface area contributed by atoms with Gasteiger partial charge in [0.05, 0.1) is 0 Å². The number of carboxylic acids is 1. The number of halogens is 7. The second-order valence-electron chi connectivity index (χ2n) is 4.07. The van der Waals surface area contributed by atoms with Crippen LogP contribution in [0.5, 0.6) is 11.5 Å². The topological polar surface area (TPSA) is 46.5 Å². The molecule has 0 saturated heterocycles. The minimum absolute atomic E-state index is 0.0190. The van der Waals surface area contributed by atoms with E-state index in [0.29, 0.717) is 0 Å². The minimum atomic E-state index is -2.29. The molecule has 10 heteroatoms. The summed E-state index contributed by atoms with van der Waals surface area (Å²) in [7, 11) is 0. The maximum Gasteiger partial charge on any atom is 0.338 e. The Morgan fingerprint density at radius 3 is 1.74 bits per heavy atom. The number of rotatable bonds is 3. The van der Waals surface area contributed by atoms with Crippen LogP contribution in [0.3, 0.4) is 0 Å². The molecule has 0 amide bonds. The Morgan fingerprint density at radius 2 is 1.22 bits per heavy atom. The van der Waals surface area contributed by atoms with Crippen LogP contribution in [0, 0.1) is 40.7 Å². The lowest BCUT2D eigenvalue weighted by Gasteiger charge is -2.11. The molecule has 3 nitrogen and oxygen atoms in total. The van der Waals surface area contributed by atoms with Crippen LogP contribution < -0.4 is 4.74 Å². The first-order valence-corrected chi connectivity index (χ1v) is 5.56. The molecule has 2 rings (SSSR count). The van der Waals surface area contributed by atoms with E-state index in [4.69, 9.17) is 5.11 Å². The molecular weight excluding hydrogens is 337 g/mol. The molecule has 0 spiro atoms. The van der Waals surface area contributed by atoms with Gasteiger partial charge in [0.1, 0.15) is 5.56 Å². The number of ether oxygens (including phenoxy) is 1. The zero-order valence-electron chi connectivity index (χ0n) is 10.6. The summed E-state index contributed by atoms with van der Waals surface area (Å²) in [6.07, 6.45) is 0. The third kappa shape index (κ3) is 2.79. The second kappa shape index (κ2) is 5.78. The Bertz CT molecular complexity index is 820. The Labute approximate surface area is 122 Å². The van der Waals surface area contributed by atoms with Crippen LogP contribution in [-0.4, -0.2) is 11.1 Å². The normalized spacial score (nSPS) is 10.7. The molecule has 2 aromatic carbocycles. The third-order valence-electron chi connectivity index (χ3n) is 2.63. The highest BCUT2D eigenvalue weighted by atomic mass is 19.2. The molecule has 0 bridgehead atoms. The molecule has 1 N–H and O–H groups in total. The second-order valence-corrected chi connectivity index (χ2v) is 4.07. The van der Waals surface area contributed by atoms with Crippen LogP contribution in [0.25, 0.3) is 0 Å². The number of carboxylic acid groups (broad SMARTS) is 1. The van der Waals surface area contributed by atoms with Crippen molar-refractivity contribution in [2.45, 2.75) is 0 Å². The van der Waals surface area contributed by atoms with E-state index in [9.17, 15) is 35.5 Å². The molecule has 23 heavy (non-hydrogen) atoms. The highest BCUT2D eigenvalue weighted by molar-refractivity contribution is 5.88. The number of benzene rings is 2. The van der Waals surface area contributed by atoms with E-state index in [1.165, 1.54) is 0 Å². The molecular formula is C13H3F7O3. The summed E-state index contributed by atoms with van der Waals surface area (Å²) in [6, 6.07) is 0.115. The molecule has 0 fully saturated rings. The van der Waals surface area contributed by atoms with E-state index in [2.05, 4.69) is 4.74 Å². The van der Waals surface area contributed by atoms with Gasteiger partial charge in [-0.2, -0.15) is 8.78 Å². The van der Waals surface area contributed by atoms with Crippen molar-refractivity contribution in [2.24, 2.45) is 0 Å².